The van der Waals surface area contributed by atoms with Crippen molar-refractivity contribution >= 4 is 81.0 Å². The van der Waals surface area contributed by atoms with Gasteiger partial charge in [0.05, 0.1) is 17.2 Å². The van der Waals surface area contributed by atoms with E-state index in [1.54, 1.807) is 24.3 Å². The van der Waals surface area contributed by atoms with Gasteiger partial charge in [-0.2, -0.15) is 0 Å². The highest BCUT2D eigenvalue weighted by molar-refractivity contribution is 6.56. The summed E-state index contributed by atoms with van der Waals surface area (Å²) in [6.45, 7) is 5.11. The monoisotopic (exact) mass is 586 g/mol. The molecule has 0 aliphatic heterocycles. The Labute approximate surface area is 232 Å². The van der Waals surface area contributed by atoms with E-state index in [0.29, 0.717) is 28.9 Å². The van der Waals surface area contributed by atoms with Gasteiger partial charge in [0.2, 0.25) is 0 Å². The van der Waals surface area contributed by atoms with E-state index in [0.717, 1.165) is 24.3 Å². The van der Waals surface area contributed by atoms with Crippen LogP contribution in [0.15, 0.2) is 45.4 Å². The molecule has 0 aromatic heterocycles. The van der Waals surface area contributed by atoms with Gasteiger partial charge in [-0.25, -0.2) is 0 Å². The fourth-order valence-corrected chi connectivity index (χ4v) is 3.96. The Morgan fingerprint density at radius 3 is 2.09 bits per heavy atom. The summed E-state index contributed by atoms with van der Waals surface area (Å²) in [5, 5.41) is 7.17. The van der Waals surface area contributed by atoms with Crippen molar-refractivity contribution in [3.63, 3.8) is 0 Å². The number of anilines is 2. The second kappa shape index (κ2) is 16.5. The molecule has 188 valence electrons. The molecule has 10 heteroatoms. The molecule has 0 heterocycles. The SMILES string of the molecule is CCCc1cc(OCC=C(Cl)Cl)cc(C)c1NC.COc1c(Cl)cc(NCC=C(Cl)Cl)cc1Cl. The molecular weight excluding hydrogens is 561 g/mol. The zero-order chi connectivity index (χ0) is 25.7. The Hall–Kier alpha value is -1.14. The summed E-state index contributed by atoms with van der Waals surface area (Å²) in [7, 11) is 3.45. The average molecular weight is 589 g/mol. The number of aryl methyl sites for hydroxylation is 2. The lowest BCUT2D eigenvalue weighted by Crippen LogP contribution is -2.01. The minimum atomic E-state index is 0.207. The number of ether oxygens (including phenoxy) is 2. The number of methoxy groups -OCH3 is 1. The number of benzene rings is 2. The number of hydrogen-bond acceptors (Lipinski definition) is 4. The maximum absolute atomic E-state index is 5.96. The summed E-state index contributed by atoms with van der Waals surface area (Å²) in [6, 6.07) is 7.50. The Kier molecular flexibility index (Phi) is 15.0. The third kappa shape index (κ3) is 11.1. The molecule has 2 N–H and O–H groups in total. The molecule has 0 spiro atoms. The highest BCUT2D eigenvalue weighted by atomic mass is 35.5. The smallest absolute Gasteiger partial charge is 0.156 e. The van der Waals surface area contributed by atoms with Crippen molar-refractivity contribution in [1.29, 1.82) is 0 Å². The molecule has 0 atom stereocenters. The van der Waals surface area contributed by atoms with E-state index < -0.39 is 0 Å². The molecule has 0 aliphatic rings. The summed E-state index contributed by atoms with van der Waals surface area (Å²) in [5.74, 6) is 1.31. The molecule has 2 aromatic rings. The molecule has 4 nitrogen and oxygen atoms in total. The van der Waals surface area contributed by atoms with Crippen LogP contribution in [-0.2, 0) is 6.42 Å². The second-order valence-electron chi connectivity index (χ2n) is 6.93. The van der Waals surface area contributed by atoms with Crippen LogP contribution in [0, 0.1) is 6.92 Å². The van der Waals surface area contributed by atoms with Crippen LogP contribution in [0.25, 0.3) is 0 Å². The predicted octanol–water partition coefficient (Wildman–Crippen LogP) is 9.42. The van der Waals surface area contributed by atoms with Gasteiger partial charge >= 0.3 is 0 Å². The van der Waals surface area contributed by atoms with Crippen LogP contribution in [0.2, 0.25) is 10.0 Å². The molecule has 34 heavy (non-hydrogen) atoms. The summed E-state index contributed by atoms with van der Waals surface area (Å²) in [5.41, 5.74) is 4.41. The van der Waals surface area contributed by atoms with Crippen LogP contribution in [0.5, 0.6) is 11.5 Å². The lowest BCUT2D eigenvalue weighted by molar-refractivity contribution is 0.362. The predicted molar refractivity (Wildman–Crippen MR) is 151 cm³/mol. The average Bonchev–Trinajstić information content (AvgIpc) is 2.74. The molecule has 2 aromatic carbocycles. The first-order chi connectivity index (χ1) is 16.1. The largest absolute Gasteiger partial charge is 0.494 e. The highest BCUT2D eigenvalue weighted by Crippen LogP contribution is 2.35. The summed E-state index contributed by atoms with van der Waals surface area (Å²) in [4.78, 5) is 0. The van der Waals surface area contributed by atoms with Crippen molar-refractivity contribution in [2.75, 3.05) is 37.9 Å². The molecule has 0 aliphatic carbocycles. The van der Waals surface area contributed by atoms with E-state index in [1.165, 1.54) is 23.9 Å². The standard InChI is InChI=1S/C14H19Cl2NO.C10H9Cl4NO/c1-4-5-11-9-12(18-7-6-13(15)16)8-10(2)14(11)17-3;1-16-10-7(11)4-6(5-8(10)12)15-3-2-9(13)14/h6,8-9,17H,4-5,7H2,1-3H3;2,4-5,15H,3H2,1H3. The van der Waals surface area contributed by atoms with E-state index in [-0.39, 0.29) is 8.98 Å². The number of rotatable bonds is 10. The van der Waals surface area contributed by atoms with Gasteiger partial charge in [0.1, 0.15) is 21.3 Å². The zero-order valence-corrected chi connectivity index (χ0v) is 23.9. The fraction of sp³-hybridized carbons (Fsp3) is 0.333. The van der Waals surface area contributed by atoms with Crippen LogP contribution in [0.3, 0.4) is 0 Å². The van der Waals surface area contributed by atoms with Gasteiger partial charge in [0.15, 0.2) is 5.75 Å². The van der Waals surface area contributed by atoms with Gasteiger partial charge in [0.25, 0.3) is 0 Å². The van der Waals surface area contributed by atoms with Crippen molar-refractivity contribution in [3.05, 3.63) is 66.6 Å². The second-order valence-corrected chi connectivity index (χ2v) is 9.76. The highest BCUT2D eigenvalue weighted by Gasteiger charge is 2.08. The van der Waals surface area contributed by atoms with Gasteiger partial charge in [-0.15, -0.1) is 0 Å². The van der Waals surface area contributed by atoms with E-state index in [1.807, 2.05) is 13.1 Å². The maximum atomic E-state index is 5.96. The maximum Gasteiger partial charge on any atom is 0.156 e. The van der Waals surface area contributed by atoms with Gasteiger partial charge in [0, 0.05) is 25.0 Å². The lowest BCUT2D eigenvalue weighted by Gasteiger charge is -2.14. The lowest BCUT2D eigenvalue weighted by atomic mass is 10.0. The summed E-state index contributed by atoms with van der Waals surface area (Å²) in [6.07, 6.45) is 5.38. The van der Waals surface area contributed by atoms with Crippen LogP contribution < -0.4 is 20.1 Å². The van der Waals surface area contributed by atoms with Crippen LogP contribution in [0.4, 0.5) is 11.4 Å². The Balaban J connectivity index is 0.000000342. The van der Waals surface area contributed by atoms with Gasteiger partial charge in [-0.3, -0.25) is 0 Å². The van der Waals surface area contributed by atoms with E-state index in [4.69, 9.17) is 79.1 Å². The van der Waals surface area contributed by atoms with Crippen LogP contribution in [0.1, 0.15) is 24.5 Å². The normalized spacial score (nSPS) is 9.94. The third-order valence-electron chi connectivity index (χ3n) is 4.41. The van der Waals surface area contributed by atoms with Crippen molar-refractivity contribution in [2.45, 2.75) is 26.7 Å². The van der Waals surface area contributed by atoms with Crippen LogP contribution in [-0.4, -0.2) is 27.3 Å². The van der Waals surface area contributed by atoms with E-state index in [9.17, 15) is 0 Å². The first-order valence-corrected chi connectivity index (χ1v) is 12.6. The molecular formula is C24H28Cl6N2O2. The Morgan fingerprint density at radius 2 is 1.59 bits per heavy atom. The van der Waals surface area contributed by atoms with E-state index >= 15 is 0 Å². The number of halogens is 6. The molecule has 0 saturated heterocycles. The van der Waals surface area contributed by atoms with E-state index in [2.05, 4.69) is 30.5 Å². The van der Waals surface area contributed by atoms with Crippen molar-refractivity contribution < 1.29 is 9.47 Å². The Bertz CT molecular complexity index is 965. The summed E-state index contributed by atoms with van der Waals surface area (Å²) < 4.78 is 11.1. The number of nitrogens with one attached hydrogen (secondary N) is 2. The Morgan fingerprint density at radius 1 is 0.971 bits per heavy atom. The molecule has 0 radical (unpaired) electrons. The molecule has 0 unspecified atom stereocenters. The zero-order valence-electron chi connectivity index (χ0n) is 19.4. The van der Waals surface area contributed by atoms with Crippen molar-refractivity contribution in [2.24, 2.45) is 0 Å². The molecule has 0 fully saturated rings. The molecule has 0 bridgehead atoms. The quantitative estimate of drug-likeness (QED) is 0.290. The number of hydrogen-bond donors (Lipinski definition) is 2. The first-order valence-electron chi connectivity index (χ1n) is 10.4. The van der Waals surface area contributed by atoms with Crippen molar-refractivity contribution in [1.82, 2.24) is 0 Å². The van der Waals surface area contributed by atoms with Gasteiger partial charge < -0.3 is 20.1 Å². The van der Waals surface area contributed by atoms with Crippen LogP contribution >= 0.6 is 69.6 Å². The molecule has 0 saturated carbocycles. The third-order valence-corrected chi connectivity index (χ3v) is 5.59. The molecule has 2 rings (SSSR count). The summed E-state index contributed by atoms with van der Waals surface area (Å²) >= 11 is 33.9. The van der Waals surface area contributed by atoms with Gasteiger partial charge in [-0.1, -0.05) is 83.0 Å². The van der Waals surface area contributed by atoms with Crippen molar-refractivity contribution in [3.8, 4) is 11.5 Å². The topological polar surface area (TPSA) is 42.5 Å². The molecule has 0 amide bonds. The minimum Gasteiger partial charge on any atom is -0.494 e. The fourth-order valence-electron chi connectivity index (χ4n) is 3.04. The van der Waals surface area contributed by atoms with Gasteiger partial charge in [-0.05, 0) is 60.9 Å². The first kappa shape index (κ1) is 30.9. The minimum absolute atomic E-state index is 0.207.